The van der Waals surface area contributed by atoms with Crippen LogP contribution in [0.25, 0.3) is 0 Å². The third-order valence-corrected chi connectivity index (χ3v) is 4.05. The third kappa shape index (κ3) is 5.85. The van der Waals surface area contributed by atoms with Gasteiger partial charge in [0, 0.05) is 32.7 Å². The lowest BCUT2D eigenvalue weighted by atomic mass is 10.0. The van der Waals surface area contributed by atoms with Gasteiger partial charge in [-0.1, -0.05) is 6.07 Å². The number of carbonyl (C=O) groups is 2. The van der Waals surface area contributed by atoms with Gasteiger partial charge in [0.15, 0.2) is 0 Å². The lowest BCUT2D eigenvalue weighted by molar-refractivity contribution is -0.138. The highest BCUT2D eigenvalue weighted by Gasteiger charge is 2.35. The van der Waals surface area contributed by atoms with E-state index in [1.54, 1.807) is 25.7 Å². The van der Waals surface area contributed by atoms with Crippen LogP contribution >= 0.6 is 0 Å². The van der Waals surface area contributed by atoms with Gasteiger partial charge in [0.25, 0.3) is 0 Å². The van der Waals surface area contributed by atoms with Crippen molar-refractivity contribution in [1.29, 1.82) is 0 Å². The summed E-state index contributed by atoms with van der Waals surface area (Å²) in [6.45, 7) is 7.37. The molecule has 0 aromatic heterocycles. The first-order valence-electron chi connectivity index (χ1n) is 8.50. The first-order valence-corrected chi connectivity index (χ1v) is 8.50. The van der Waals surface area contributed by atoms with Gasteiger partial charge in [-0.3, -0.25) is 4.90 Å². The Kier molecular flexibility index (Phi) is 6.04. The van der Waals surface area contributed by atoms with Gasteiger partial charge in [-0.05, 0) is 38.5 Å². The summed E-state index contributed by atoms with van der Waals surface area (Å²) in [6.07, 6.45) is -5.15. The molecule has 27 heavy (non-hydrogen) atoms. The average molecular weight is 388 g/mol. The highest BCUT2D eigenvalue weighted by atomic mass is 19.4. The van der Waals surface area contributed by atoms with Crippen molar-refractivity contribution >= 4 is 12.1 Å². The van der Waals surface area contributed by atoms with E-state index in [1.807, 2.05) is 4.90 Å². The number of hydrogen-bond acceptors (Lipinski definition) is 4. The van der Waals surface area contributed by atoms with Crippen LogP contribution < -0.4 is 0 Å². The molecule has 150 valence electrons. The molecule has 1 aromatic carbocycles. The molecule has 0 atom stereocenters. The number of nitrogens with zero attached hydrogens (tertiary/aromatic N) is 2. The van der Waals surface area contributed by atoms with Gasteiger partial charge in [0.05, 0.1) is 11.1 Å². The van der Waals surface area contributed by atoms with Crippen LogP contribution in [0.15, 0.2) is 18.2 Å². The molecule has 1 saturated heterocycles. The Bertz CT molecular complexity index is 706. The normalized spacial score (nSPS) is 16.3. The third-order valence-electron chi connectivity index (χ3n) is 4.05. The van der Waals surface area contributed by atoms with Gasteiger partial charge in [-0.2, -0.15) is 13.2 Å². The molecular weight excluding hydrogens is 365 g/mol. The molecule has 0 aliphatic carbocycles. The van der Waals surface area contributed by atoms with E-state index in [0.717, 1.165) is 12.1 Å². The number of piperazine rings is 1. The van der Waals surface area contributed by atoms with E-state index in [2.05, 4.69) is 0 Å². The molecule has 1 amide bonds. The summed E-state index contributed by atoms with van der Waals surface area (Å²) in [6, 6.07) is 3.25. The van der Waals surface area contributed by atoms with Gasteiger partial charge in [-0.25, -0.2) is 9.59 Å². The number of halogens is 3. The van der Waals surface area contributed by atoms with Crippen molar-refractivity contribution in [3.05, 3.63) is 34.9 Å². The van der Waals surface area contributed by atoms with E-state index in [1.165, 1.54) is 6.07 Å². The molecule has 1 N–H and O–H groups in total. The summed E-state index contributed by atoms with van der Waals surface area (Å²) in [5.74, 6) is -1.61. The Morgan fingerprint density at radius 1 is 1.11 bits per heavy atom. The number of carboxylic acid groups (broad SMARTS) is 1. The highest BCUT2D eigenvalue weighted by molar-refractivity contribution is 5.89. The minimum atomic E-state index is -4.74. The predicted octanol–water partition coefficient (Wildman–Crippen LogP) is 3.46. The van der Waals surface area contributed by atoms with Crippen molar-refractivity contribution in [1.82, 2.24) is 9.80 Å². The maximum absolute atomic E-state index is 13.1. The molecule has 6 nitrogen and oxygen atoms in total. The van der Waals surface area contributed by atoms with Crippen LogP contribution in [0.5, 0.6) is 0 Å². The quantitative estimate of drug-likeness (QED) is 0.859. The van der Waals surface area contributed by atoms with E-state index in [4.69, 9.17) is 9.84 Å². The van der Waals surface area contributed by atoms with Crippen LogP contribution in [0.3, 0.4) is 0 Å². The molecule has 1 aliphatic rings. The molecule has 1 fully saturated rings. The summed E-state index contributed by atoms with van der Waals surface area (Å²) in [7, 11) is 0. The number of alkyl halides is 3. The lowest BCUT2D eigenvalue weighted by Gasteiger charge is -2.35. The van der Waals surface area contributed by atoms with Gasteiger partial charge < -0.3 is 14.7 Å². The standard InChI is InChI=1S/C18H23F3N2O4/c1-17(2,3)27-16(26)23-8-6-22(7-9-23)11-12-4-5-13(15(24)25)14(10-12)18(19,20)21/h4-5,10H,6-9,11H2,1-3H3,(H,24,25). The molecule has 1 heterocycles. The fourth-order valence-corrected chi connectivity index (χ4v) is 2.78. The molecule has 9 heteroatoms. The van der Waals surface area contributed by atoms with Crippen LogP contribution in [-0.4, -0.2) is 58.7 Å². The molecule has 0 radical (unpaired) electrons. The van der Waals surface area contributed by atoms with E-state index in [9.17, 15) is 22.8 Å². The largest absolute Gasteiger partial charge is 0.478 e. The van der Waals surface area contributed by atoms with Gasteiger partial charge in [-0.15, -0.1) is 0 Å². The predicted molar refractivity (Wildman–Crippen MR) is 91.5 cm³/mol. The summed E-state index contributed by atoms with van der Waals surface area (Å²) in [4.78, 5) is 26.5. The molecule has 1 aromatic rings. The van der Waals surface area contributed by atoms with Crippen molar-refractivity contribution in [2.45, 2.75) is 39.1 Å². The zero-order valence-corrected chi connectivity index (χ0v) is 15.5. The van der Waals surface area contributed by atoms with Crippen molar-refractivity contribution in [3.8, 4) is 0 Å². The van der Waals surface area contributed by atoms with Gasteiger partial charge in [0.2, 0.25) is 0 Å². The fraction of sp³-hybridized carbons (Fsp3) is 0.556. The average Bonchev–Trinajstić information content (AvgIpc) is 2.53. The number of benzene rings is 1. The number of ether oxygens (including phenoxy) is 1. The van der Waals surface area contributed by atoms with E-state index in [-0.39, 0.29) is 6.54 Å². The maximum atomic E-state index is 13.1. The van der Waals surface area contributed by atoms with Crippen LogP contribution in [0.1, 0.15) is 42.3 Å². The summed E-state index contributed by atoms with van der Waals surface area (Å²) < 4.78 is 44.6. The molecule has 0 spiro atoms. The van der Waals surface area contributed by atoms with Gasteiger partial charge >= 0.3 is 18.2 Å². The van der Waals surface area contributed by atoms with Crippen molar-refractivity contribution in [2.24, 2.45) is 0 Å². The zero-order chi connectivity index (χ0) is 20.4. The Morgan fingerprint density at radius 2 is 1.70 bits per heavy atom. The van der Waals surface area contributed by atoms with E-state index < -0.39 is 35.0 Å². The Labute approximate surface area is 155 Å². The maximum Gasteiger partial charge on any atom is 0.417 e. The zero-order valence-electron chi connectivity index (χ0n) is 15.5. The number of carbonyl (C=O) groups excluding carboxylic acids is 1. The first-order chi connectivity index (χ1) is 12.4. The fourth-order valence-electron chi connectivity index (χ4n) is 2.78. The second-order valence-corrected chi connectivity index (χ2v) is 7.43. The van der Waals surface area contributed by atoms with Crippen LogP contribution in [0, 0.1) is 0 Å². The van der Waals surface area contributed by atoms with Crippen molar-refractivity contribution in [2.75, 3.05) is 26.2 Å². The topological polar surface area (TPSA) is 70.1 Å². The molecule has 2 rings (SSSR count). The molecule has 0 bridgehead atoms. The molecular formula is C18H23F3N2O4. The number of aromatic carboxylic acids is 1. The number of hydrogen-bond donors (Lipinski definition) is 1. The molecule has 1 aliphatic heterocycles. The minimum Gasteiger partial charge on any atom is -0.478 e. The minimum absolute atomic E-state index is 0.241. The van der Waals surface area contributed by atoms with Gasteiger partial charge in [0.1, 0.15) is 5.60 Å². The monoisotopic (exact) mass is 388 g/mol. The number of carboxylic acids is 1. The second-order valence-electron chi connectivity index (χ2n) is 7.43. The second kappa shape index (κ2) is 7.75. The first kappa shape index (κ1) is 21.0. The van der Waals surface area contributed by atoms with Crippen molar-refractivity contribution in [3.63, 3.8) is 0 Å². The number of amides is 1. The summed E-state index contributed by atoms with van der Waals surface area (Å²) >= 11 is 0. The molecule has 0 unspecified atom stereocenters. The van der Waals surface area contributed by atoms with Crippen LogP contribution in [-0.2, 0) is 17.5 Å². The Hall–Kier alpha value is -2.29. The summed E-state index contributed by atoms with van der Waals surface area (Å²) in [5.41, 5.74) is -2.13. The van der Waals surface area contributed by atoms with E-state index in [0.29, 0.717) is 31.7 Å². The smallest absolute Gasteiger partial charge is 0.417 e. The van der Waals surface area contributed by atoms with Crippen molar-refractivity contribution < 1.29 is 32.6 Å². The van der Waals surface area contributed by atoms with E-state index >= 15 is 0 Å². The van der Waals surface area contributed by atoms with Crippen LogP contribution in [0.2, 0.25) is 0 Å². The number of rotatable bonds is 3. The summed E-state index contributed by atoms with van der Waals surface area (Å²) in [5, 5.41) is 8.94. The molecule has 0 saturated carbocycles. The lowest BCUT2D eigenvalue weighted by Crippen LogP contribution is -2.49. The SMILES string of the molecule is CC(C)(C)OC(=O)N1CCN(Cc2ccc(C(=O)O)c(C(F)(F)F)c2)CC1. The Balaban J connectivity index is 2.01. The Morgan fingerprint density at radius 3 is 2.19 bits per heavy atom. The highest BCUT2D eigenvalue weighted by Crippen LogP contribution is 2.33. The van der Waals surface area contributed by atoms with Crippen LogP contribution in [0.4, 0.5) is 18.0 Å².